The smallest absolute Gasteiger partial charge is 0.142 e. The number of aliphatic hydroxyl groups is 2. The summed E-state index contributed by atoms with van der Waals surface area (Å²) in [5, 5.41) is 22.8. The van der Waals surface area contributed by atoms with E-state index in [0.29, 0.717) is 17.3 Å². The van der Waals surface area contributed by atoms with Crippen LogP contribution in [0.3, 0.4) is 0 Å². The number of benzene rings is 1. The highest BCUT2D eigenvalue weighted by atomic mass is 35.5. The Hall–Kier alpha value is -2.74. The maximum atomic E-state index is 10.8. The highest BCUT2D eigenvalue weighted by Crippen LogP contribution is 2.38. The Morgan fingerprint density at radius 1 is 1.19 bits per heavy atom. The summed E-state index contributed by atoms with van der Waals surface area (Å²) >= 11 is 6.05. The minimum absolute atomic E-state index is 0.161. The van der Waals surface area contributed by atoms with Gasteiger partial charge in [0.05, 0.1) is 22.7 Å². The van der Waals surface area contributed by atoms with Crippen molar-refractivity contribution in [2.45, 2.75) is 38.0 Å². The second kappa shape index (κ2) is 7.75. The van der Waals surface area contributed by atoms with Crippen LogP contribution in [0.2, 0.25) is 5.02 Å². The van der Waals surface area contributed by atoms with E-state index in [-0.39, 0.29) is 12.0 Å². The first-order chi connectivity index (χ1) is 14.9. The van der Waals surface area contributed by atoms with Crippen LogP contribution in [0.4, 0.5) is 11.6 Å². The molecule has 5 rings (SSSR count). The van der Waals surface area contributed by atoms with E-state index in [0.717, 1.165) is 46.5 Å². The van der Waals surface area contributed by atoms with Gasteiger partial charge in [0.15, 0.2) is 0 Å². The van der Waals surface area contributed by atoms with E-state index in [9.17, 15) is 10.2 Å². The van der Waals surface area contributed by atoms with Gasteiger partial charge in [0.2, 0.25) is 0 Å². The zero-order chi connectivity index (χ0) is 21.7. The molecule has 1 aliphatic carbocycles. The summed E-state index contributed by atoms with van der Waals surface area (Å²) in [5.74, 6) is 1.02. The third kappa shape index (κ3) is 3.52. The molecule has 3 heterocycles. The number of halogens is 1. The fourth-order valence-corrected chi connectivity index (χ4v) is 4.90. The van der Waals surface area contributed by atoms with Gasteiger partial charge in [-0.1, -0.05) is 35.9 Å². The molecule has 3 aromatic rings. The molecule has 160 valence electrons. The Labute approximate surface area is 185 Å². The van der Waals surface area contributed by atoms with Crippen LogP contribution in [-0.4, -0.2) is 50.0 Å². The third-order valence-corrected chi connectivity index (χ3v) is 6.77. The van der Waals surface area contributed by atoms with Crippen LogP contribution in [-0.2, 0) is 6.42 Å². The Morgan fingerprint density at radius 3 is 2.87 bits per heavy atom. The maximum absolute atomic E-state index is 10.8. The summed E-state index contributed by atoms with van der Waals surface area (Å²) in [6, 6.07) is 7.47. The fraction of sp³-hybridized carbons (Fsp3) is 0.348. The standard InChI is InChI=1S/C23H24ClN5O2/c1-12-16-6-7-29(23(16)27-11-26-12)19-10-15(20(30)21(19)31)5-3-13-2-4-14-9-17(24)22(25)28-18(14)8-13/h2-5,8-9,11,15,19-21,30-31H,6-7,10H2,1H3,(H2,25,28)/b5-3+/t15-,19+,20+,21-/m0/s1. The van der Waals surface area contributed by atoms with Gasteiger partial charge >= 0.3 is 0 Å². The molecular weight excluding hydrogens is 414 g/mol. The first kappa shape index (κ1) is 20.2. The molecule has 7 nitrogen and oxygen atoms in total. The molecule has 0 unspecified atom stereocenters. The van der Waals surface area contributed by atoms with Gasteiger partial charge in [0.25, 0.3) is 0 Å². The van der Waals surface area contributed by atoms with Gasteiger partial charge in [0.1, 0.15) is 24.1 Å². The van der Waals surface area contributed by atoms with E-state index in [4.69, 9.17) is 17.3 Å². The lowest BCUT2D eigenvalue weighted by atomic mass is 10.0. The van der Waals surface area contributed by atoms with Crippen LogP contribution in [0.15, 0.2) is 36.7 Å². The molecule has 4 N–H and O–H groups in total. The number of nitrogens with zero attached hydrogens (tertiary/aromatic N) is 4. The van der Waals surface area contributed by atoms with Crippen LogP contribution in [0.25, 0.3) is 17.0 Å². The van der Waals surface area contributed by atoms with Gasteiger partial charge in [0, 0.05) is 29.1 Å². The topological polar surface area (TPSA) is 108 Å². The molecule has 1 saturated carbocycles. The molecule has 1 aromatic carbocycles. The number of pyridine rings is 1. The third-order valence-electron chi connectivity index (χ3n) is 6.47. The summed E-state index contributed by atoms with van der Waals surface area (Å²) in [4.78, 5) is 15.2. The molecule has 31 heavy (non-hydrogen) atoms. The predicted octanol–water partition coefficient (Wildman–Crippen LogP) is 2.76. The first-order valence-electron chi connectivity index (χ1n) is 10.4. The number of aromatic nitrogens is 3. The highest BCUT2D eigenvalue weighted by molar-refractivity contribution is 6.33. The van der Waals surface area contributed by atoms with Gasteiger partial charge in [-0.2, -0.15) is 0 Å². The largest absolute Gasteiger partial charge is 0.390 e. The molecule has 2 aromatic heterocycles. The quantitative estimate of drug-likeness (QED) is 0.578. The first-order valence-corrected chi connectivity index (χ1v) is 10.8. The van der Waals surface area contributed by atoms with E-state index >= 15 is 0 Å². The molecule has 0 amide bonds. The molecule has 0 bridgehead atoms. The number of nitrogen functional groups attached to an aromatic ring is 1. The summed E-state index contributed by atoms with van der Waals surface area (Å²) in [6.07, 6.45) is 5.33. The molecule has 0 radical (unpaired) electrons. The number of aliphatic hydroxyl groups excluding tert-OH is 2. The highest BCUT2D eigenvalue weighted by Gasteiger charge is 2.45. The Kier molecular flexibility index (Phi) is 5.04. The molecule has 0 spiro atoms. The lowest BCUT2D eigenvalue weighted by Gasteiger charge is -2.28. The van der Waals surface area contributed by atoms with Crippen LogP contribution < -0.4 is 10.6 Å². The SMILES string of the molecule is Cc1ncnc2c1CCN2[C@@H]1C[C@H](/C=C/c2ccc3cc(Cl)c(N)nc3c2)[C@@H](O)[C@H]1O. The van der Waals surface area contributed by atoms with Crippen molar-refractivity contribution in [2.75, 3.05) is 17.2 Å². The Balaban J connectivity index is 1.36. The van der Waals surface area contributed by atoms with E-state index in [2.05, 4.69) is 19.9 Å². The molecular formula is C23H24ClN5O2. The van der Waals surface area contributed by atoms with E-state index in [1.807, 2.05) is 37.3 Å². The van der Waals surface area contributed by atoms with Crippen molar-refractivity contribution >= 4 is 40.2 Å². The van der Waals surface area contributed by atoms with E-state index in [1.54, 1.807) is 12.4 Å². The van der Waals surface area contributed by atoms with Crippen molar-refractivity contribution in [3.63, 3.8) is 0 Å². The van der Waals surface area contributed by atoms with Crippen molar-refractivity contribution < 1.29 is 10.2 Å². The second-order valence-electron chi connectivity index (χ2n) is 8.32. The average Bonchev–Trinajstić information content (AvgIpc) is 3.30. The summed E-state index contributed by atoms with van der Waals surface area (Å²) < 4.78 is 0. The molecule has 2 aliphatic rings. The van der Waals surface area contributed by atoms with Gasteiger partial charge in [-0.05, 0) is 37.5 Å². The minimum Gasteiger partial charge on any atom is -0.390 e. The van der Waals surface area contributed by atoms with Crippen molar-refractivity contribution in [1.29, 1.82) is 0 Å². The van der Waals surface area contributed by atoms with Crippen molar-refractivity contribution in [1.82, 2.24) is 15.0 Å². The van der Waals surface area contributed by atoms with E-state index < -0.39 is 12.2 Å². The van der Waals surface area contributed by atoms with Crippen molar-refractivity contribution in [2.24, 2.45) is 5.92 Å². The van der Waals surface area contributed by atoms with Crippen molar-refractivity contribution in [3.05, 3.63) is 58.5 Å². The van der Waals surface area contributed by atoms with Crippen LogP contribution in [0.5, 0.6) is 0 Å². The van der Waals surface area contributed by atoms with Gasteiger partial charge in [-0.15, -0.1) is 0 Å². The number of rotatable bonds is 3. The Morgan fingerprint density at radius 2 is 2.03 bits per heavy atom. The summed E-state index contributed by atoms with van der Waals surface area (Å²) in [5.41, 5.74) is 9.64. The number of hydrogen-bond acceptors (Lipinski definition) is 7. The summed E-state index contributed by atoms with van der Waals surface area (Å²) in [6.45, 7) is 2.76. The lowest BCUT2D eigenvalue weighted by Crippen LogP contribution is -2.43. The molecule has 0 saturated heterocycles. The number of nitrogens with two attached hydrogens (primary N) is 1. The molecule has 1 fully saturated rings. The normalized spacial score (nSPS) is 25.6. The minimum atomic E-state index is -0.837. The van der Waals surface area contributed by atoms with Gasteiger partial charge in [-0.25, -0.2) is 15.0 Å². The zero-order valence-electron chi connectivity index (χ0n) is 17.1. The van der Waals surface area contributed by atoms with Gasteiger partial charge in [-0.3, -0.25) is 0 Å². The maximum Gasteiger partial charge on any atom is 0.142 e. The zero-order valence-corrected chi connectivity index (χ0v) is 17.9. The lowest BCUT2D eigenvalue weighted by molar-refractivity contribution is 0.0229. The van der Waals surface area contributed by atoms with Crippen molar-refractivity contribution in [3.8, 4) is 0 Å². The number of hydrogen-bond donors (Lipinski definition) is 3. The monoisotopic (exact) mass is 437 g/mol. The Bertz CT molecular complexity index is 1180. The number of anilines is 2. The van der Waals surface area contributed by atoms with Gasteiger partial charge < -0.3 is 20.8 Å². The second-order valence-corrected chi connectivity index (χ2v) is 8.73. The molecule has 1 aliphatic heterocycles. The van der Waals surface area contributed by atoms with Crippen LogP contribution in [0.1, 0.15) is 23.2 Å². The summed E-state index contributed by atoms with van der Waals surface area (Å²) in [7, 11) is 0. The predicted molar refractivity (Wildman–Crippen MR) is 122 cm³/mol. The van der Waals surface area contributed by atoms with Crippen LogP contribution >= 0.6 is 11.6 Å². The van der Waals surface area contributed by atoms with Crippen LogP contribution in [0, 0.1) is 12.8 Å². The number of fused-ring (bicyclic) bond motifs is 2. The molecule has 4 atom stereocenters. The molecule has 8 heteroatoms. The van der Waals surface area contributed by atoms with E-state index in [1.165, 1.54) is 0 Å². The average molecular weight is 438 g/mol. The fourth-order valence-electron chi connectivity index (χ4n) is 4.74. The number of aryl methyl sites for hydroxylation is 1.